The number of amides is 2. The molecule has 3 heterocycles. The number of ether oxygens (including phenoxy) is 2. The van der Waals surface area contributed by atoms with Crippen molar-refractivity contribution in [3.8, 4) is 34.5 Å². The summed E-state index contributed by atoms with van der Waals surface area (Å²) < 4.78 is 11.6. The highest BCUT2D eigenvalue weighted by atomic mass is 32.2. The molecule has 8 N–H and O–H groups in total. The average molecular weight is 1190 g/mol. The number of urea groups is 1. The van der Waals surface area contributed by atoms with Gasteiger partial charge in [0.1, 0.15) is 34.5 Å². The lowest BCUT2D eigenvalue weighted by atomic mass is 10.1. The molecule has 0 spiro atoms. The Labute approximate surface area is 471 Å². The van der Waals surface area contributed by atoms with E-state index in [1.165, 1.54) is 41.7 Å². The minimum atomic E-state index is -0.588. The van der Waals surface area contributed by atoms with E-state index in [1.54, 1.807) is 43.3 Å². The molecule has 8 rings (SSSR count). The average Bonchev–Trinajstić information content (AvgIpc) is 4.22. The number of ketones is 1. The molecular formula is C49H42N8O14S7. The van der Waals surface area contributed by atoms with Gasteiger partial charge in [0.15, 0.2) is 41.5 Å². The van der Waals surface area contributed by atoms with Crippen LogP contribution in [-0.2, 0) is 19.1 Å². The molecule has 0 aliphatic carbocycles. The van der Waals surface area contributed by atoms with Crippen molar-refractivity contribution in [1.29, 1.82) is 0 Å². The summed E-state index contributed by atoms with van der Waals surface area (Å²) >= 11 is 7.77. The van der Waals surface area contributed by atoms with Crippen LogP contribution in [0.4, 0.5) is 15.6 Å². The van der Waals surface area contributed by atoms with Gasteiger partial charge in [-0.2, -0.15) is 0 Å². The number of aldehydes is 2. The monoisotopic (exact) mass is 1190 g/mol. The number of anilines is 2. The number of para-hydroxylation sites is 1. The number of hydrogen-bond acceptors (Lipinski definition) is 27. The summed E-state index contributed by atoms with van der Waals surface area (Å²) in [6.45, 7) is 3.54. The Morgan fingerprint density at radius 1 is 0.577 bits per heavy atom. The number of carbonyl (C=O) groups excluding carboxylic acids is 6. The zero-order valence-corrected chi connectivity index (χ0v) is 46.1. The van der Waals surface area contributed by atoms with Crippen LogP contribution in [0.3, 0.4) is 0 Å². The predicted molar refractivity (Wildman–Crippen MR) is 293 cm³/mol. The van der Waals surface area contributed by atoms with E-state index >= 15 is 0 Å². The summed E-state index contributed by atoms with van der Waals surface area (Å²) in [4.78, 5) is 69.9. The normalized spacial score (nSPS) is 10.5. The van der Waals surface area contributed by atoms with E-state index in [9.17, 15) is 59.4 Å². The van der Waals surface area contributed by atoms with Crippen LogP contribution < -0.4 is 10.6 Å². The minimum absolute atomic E-state index is 0.00550. The van der Waals surface area contributed by atoms with Gasteiger partial charge in [0.2, 0.25) is 10.9 Å². The number of aromatic hydroxyl groups is 6. The number of benzene rings is 5. The van der Waals surface area contributed by atoms with Gasteiger partial charge in [0.05, 0.1) is 38.2 Å². The molecule has 0 aliphatic rings. The number of rotatable bonds is 20. The van der Waals surface area contributed by atoms with Crippen LogP contribution in [0, 0.1) is 6.92 Å². The number of carbonyl (C=O) groups is 6. The fourth-order valence-electron chi connectivity index (χ4n) is 5.63. The Balaban J connectivity index is 0.000000190. The van der Waals surface area contributed by atoms with E-state index < -0.39 is 24.6 Å². The summed E-state index contributed by atoms with van der Waals surface area (Å²) in [5.41, 5.74) is 1.74. The second kappa shape index (κ2) is 29.6. The molecule has 22 nitrogen and oxygen atoms in total. The maximum atomic E-state index is 12.3. The summed E-state index contributed by atoms with van der Waals surface area (Å²) in [5, 5.41) is 88.3. The fraction of sp³-hybridized carbons (Fsp3) is 0.143. The third-order valence-electron chi connectivity index (χ3n) is 9.45. The van der Waals surface area contributed by atoms with Crippen molar-refractivity contribution >= 4 is 128 Å². The lowest BCUT2D eigenvalue weighted by molar-refractivity contribution is -0.157. The van der Waals surface area contributed by atoms with Crippen molar-refractivity contribution in [3.63, 3.8) is 0 Å². The molecule has 0 radical (unpaired) electrons. The molecule has 0 unspecified atom stereocenters. The van der Waals surface area contributed by atoms with Crippen molar-refractivity contribution in [2.24, 2.45) is 0 Å². The maximum Gasteiger partial charge on any atom is 0.344 e. The molecule has 0 atom stereocenters. The second-order valence-corrected chi connectivity index (χ2v) is 23.2. The maximum absolute atomic E-state index is 12.3. The zero-order chi connectivity index (χ0) is 56.1. The van der Waals surface area contributed by atoms with Crippen molar-refractivity contribution in [3.05, 3.63) is 124 Å². The molecule has 0 bridgehead atoms. The van der Waals surface area contributed by atoms with E-state index in [1.807, 2.05) is 31.2 Å². The molecule has 29 heteroatoms. The van der Waals surface area contributed by atoms with E-state index in [-0.39, 0.29) is 62.2 Å². The SMILES string of the molecule is CCCCOC(=O)COC(=O)CSc1nnc(Sc2cc(O)c(C=O)cc2O)s1.Cc1cc(O)c(Sc2nnc(NC(=O)Nc3ccccc3)s2)cc1O.O=Cc1cc(O)c(Sc2nnc(C(=O)c3ccccc3)s2)cc1O. The molecule has 8 aromatic rings. The highest BCUT2D eigenvalue weighted by Crippen LogP contribution is 2.42. The van der Waals surface area contributed by atoms with Gasteiger partial charge in [-0.05, 0) is 67.4 Å². The molecule has 5 aromatic carbocycles. The third kappa shape index (κ3) is 18.2. The van der Waals surface area contributed by atoms with Gasteiger partial charge >= 0.3 is 18.0 Å². The Bertz CT molecular complexity index is 3380. The minimum Gasteiger partial charge on any atom is -0.508 e. The van der Waals surface area contributed by atoms with E-state index in [0.717, 1.165) is 88.6 Å². The van der Waals surface area contributed by atoms with Crippen LogP contribution in [-0.4, -0.2) is 117 Å². The van der Waals surface area contributed by atoms with Gasteiger partial charge in [0.25, 0.3) is 0 Å². The summed E-state index contributed by atoms with van der Waals surface area (Å²) in [6, 6.07) is 25.1. The Morgan fingerprint density at radius 2 is 1.10 bits per heavy atom. The molecule has 2 amide bonds. The molecule has 0 saturated heterocycles. The zero-order valence-electron chi connectivity index (χ0n) is 40.4. The molecule has 0 aliphatic heterocycles. The van der Waals surface area contributed by atoms with Crippen LogP contribution in [0.5, 0.6) is 34.5 Å². The molecular weight excluding hydrogens is 1150 g/mol. The molecule has 0 fully saturated rings. The highest BCUT2D eigenvalue weighted by molar-refractivity contribution is 8.03. The molecule has 404 valence electrons. The predicted octanol–water partition coefficient (Wildman–Crippen LogP) is 10.1. The van der Waals surface area contributed by atoms with Crippen molar-refractivity contribution in [2.45, 2.75) is 58.7 Å². The number of thioether (sulfide) groups is 1. The summed E-state index contributed by atoms with van der Waals surface area (Å²) in [6.07, 6.45) is 2.54. The van der Waals surface area contributed by atoms with Gasteiger partial charge < -0.3 is 45.4 Å². The molecule has 78 heavy (non-hydrogen) atoms. The van der Waals surface area contributed by atoms with Crippen LogP contribution in [0.25, 0.3) is 0 Å². The number of aryl methyl sites for hydroxylation is 1. The number of unbranched alkanes of at least 4 members (excludes halogenated alkanes) is 1. The lowest BCUT2D eigenvalue weighted by Crippen LogP contribution is -2.19. The van der Waals surface area contributed by atoms with Crippen LogP contribution in [0.1, 0.15) is 61.4 Å². The van der Waals surface area contributed by atoms with Crippen LogP contribution in [0.2, 0.25) is 0 Å². The Kier molecular flexibility index (Phi) is 22.6. The van der Waals surface area contributed by atoms with Crippen LogP contribution in [0.15, 0.2) is 129 Å². The number of nitrogens with one attached hydrogen (secondary N) is 2. The van der Waals surface area contributed by atoms with Gasteiger partial charge in [-0.1, -0.05) is 143 Å². The first kappa shape index (κ1) is 59.4. The quantitative estimate of drug-likeness (QED) is 0.00669. The number of aromatic nitrogens is 6. The van der Waals surface area contributed by atoms with Gasteiger partial charge in [0, 0.05) is 11.3 Å². The number of phenolic OH excluding ortho intramolecular Hbond substituents is 6. The number of nitrogens with zero attached hydrogens (tertiary/aromatic N) is 6. The number of hydrogen-bond donors (Lipinski definition) is 8. The Morgan fingerprint density at radius 3 is 1.71 bits per heavy atom. The first-order valence-electron chi connectivity index (χ1n) is 22.3. The number of esters is 2. The largest absolute Gasteiger partial charge is 0.508 e. The molecule has 3 aromatic heterocycles. The topological polar surface area (TPSA) is 344 Å². The first-order valence-corrected chi connectivity index (χ1v) is 28.2. The third-order valence-corrected chi connectivity index (χ3v) is 16.5. The number of phenols is 6. The van der Waals surface area contributed by atoms with Gasteiger partial charge in [-0.15, -0.1) is 30.6 Å². The van der Waals surface area contributed by atoms with Crippen molar-refractivity contribution < 1.29 is 68.9 Å². The molecule has 0 saturated carbocycles. The van der Waals surface area contributed by atoms with Crippen molar-refractivity contribution in [1.82, 2.24) is 30.6 Å². The summed E-state index contributed by atoms with van der Waals surface area (Å²) in [7, 11) is 0. The van der Waals surface area contributed by atoms with E-state index in [2.05, 4.69) is 41.2 Å². The highest BCUT2D eigenvalue weighted by Gasteiger charge is 2.19. The van der Waals surface area contributed by atoms with Crippen LogP contribution >= 0.6 is 81.1 Å². The lowest BCUT2D eigenvalue weighted by Gasteiger charge is -2.05. The second-order valence-electron chi connectivity index (χ2n) is 15.1. The van der Waals surface area contributed by atoms with Gasteiger partial charge in [-0.3, -0.25) is 24.5 Å². The van der Waals surface area contributed by atoms with Gasteiger partial charge in [-0.25, -0.2) is 9.59 Å². The van der Waals surface area contributed by atoms with Crippen molar-refractivity contribution in [2.75, 3.05) is 29.6 Å². The smallest absolute Gasteiger partial charge is 0.344 e. The van der Waals surface area contributed by atoms with E-state index in [4.69, 9.17) is 9.47 Å². The summed E-state index contributed by atoms with van der Waals surface area (Å²) in [5.74, 6) is -2.15. The fourth-order valence-corrected chi connectivity index (χ4v) is 12.0. The Hall–Kier alpha value is -7.80. The van der Waals surface area contributed by atoms with E-state index in [0.29, 0.717) is 73.2 Å². The standard InChI is InChI=1S/C17H18N2O7S3.C16H14N4O3S2.C16H10N2O4S2/c1-2-3-4-25-14(23)8-26-15(24)9-27-16-18-19-17(29-16)28-13-6-11(21)10(7-20)5-12(13)22;1-9-7-12(22)13(8-11(9)21)24-16-20-19-15(25-16)18-14(23)17-10-5-3-2-4-6-10;19-8-10-6-12(21)13(7-11(10)20)23-16-18-17-15(24-16)14(22)9-4-2-1-3-5-9/h5-7,21-22H,2-4,8-9H2,1H3;2-8,21-22H,1H3,(H2,17,18,19,23);1-8,20-21H. The first-order chi connectivity index (χ1) is 37.5.